The molecule has 0 bridgehead atoms. The van der Waals surface area contributed by atoms with Gasteiger partial charge in [0.25, 0.3) is 0 Å². The van der Waals surface area contributed by atoms with Crippen molar-refractivity contribution in [3.63, 3.8) is 0 Å². The molecule has 2 aromatic rings. The number of furan rings is 1. The molecule has 0 aliphatic rings. The predicted molar refractivity (Wildman–Crippen MR) is 81.2 cm³/mol. The van der Waals surface area contributed by atoms with Crippen molar-refractivity contribution in [2.75, 3.05) is 6.54 Å². The number of halogens is 1. The molecular weight excluding hydrogens is 274 g/mol. The molecule has 2 rings (SSSR count). The molecule has 0 unspecified atom stereocenters. The van der Waals surface area contributed by atoms with Gasteiger partial charge in [-0.2, -0.15) is 0 Å². The highest BCUT2D eigenvalue weighted by atomic mass is 35.5. The molecule has 0 saturated carbocycles. The average molecular weight is 294 g/mol. The van der Waals surface area contributed by atoms with Gasteiger partial charge in [-0.15, -0.1) is 0 Å². The molecule has 0 aliphatic carbocycles. The van der Waals surface area contributed by atoms with Gasteiger partial charge in [0.15, 0.2) is 0 Å². The summed E-state index contributed by atoms with van der Waals surface area (Å²) in [6.07, 6.45) is 1.12. The van der Waals surface area contributed by atoms with Gasteiger partial charge in [0.2, 0.25) is 0 Å². The van der Waals surface area contributed by atoms with E-state index in [0.717, 1.165) is 42.3 Å². The molecule has 1 heterocycles. The first kappa shape index (κ1) is 14.9. The maximum Gasteiger partial charge on any atom is 0.146 e. The van der Waals surface area contributed by atoms with Crippen LogP contribution >= 0.6 is 11.6 Å². The molecule has 0 amide bonds. The molecule has 0 spiro atoms. The fraction of sp³-hybridized carbons (Fsp3) is 0.375. The van der Waals surface area contributed by atoms with E-state index in [1.165, 1.54) is 0 Å². The van der Waals surface area contributed by atoms with Gasteiger partial charge in [-0.3, -0.25) is 0 Å². The minimum absolute atomic E-state index is 0.412. The fourth-order valence-corrected chi connectivity index (χ4v) is 2.11. The SMILES string of the molecule is CCCNCc1oc(COc2cccc(Cl)c2)cc1C. The van der Waals surface area contributed by atoms with Crippen LogP contribution in [0.3, 0.4) is 0 Å². The molecule has 4 heteroatoms. The Balaban J connectivity index is 1.91. The van der Waals surface area contributed by atoms with Gasteiger partial charge < -0.3 is 14.5 Å². The lowest BCUT2D eigenvalue weighted by Gasteiger charge is -2.04. The van der Waals surface area contributed by atoms with Crippen molar-refractivity contribution in [3.05, 3.63) is 52.4 Å². The van der Waals surface area contributed by atoms with E-state index in [9.17, 15) is 0 Å². The summed E-state index contributed by atoms with van der Waals surface area (Å²) >= 11 is 5.92. The minimum atomic E-state index is 0.412. The first-order chi connectivity index (χ1) is 9.69. The number of rotatable bonds is 7. The summed E-state index contributed by atoms with van der Waals surface area (Å²) in [5.41, 5.74) is 1.15. The van der Waals surface area contributed by atoms with Crippen LogP contribution in [0.1, 0.15) is 30.4 Å². The summed E-state index contributed by atoms with van der Waals surface area (Å²) in [5, 5.41) is 4.00. The molecular formula is C16H20ClNO2. The quantitative estimate of drug-likeness (QED) is 0.772. The Morgan fingerprint density at radius 3 is 2.90 bits per heavy atom. The van der Waals surface area contributed by atoms with Crippen LogP contribution < -0.4 is 10.1 Å². The molecule has 0 atom stereocenters. The van der Waals surface area contributed by atoms with Gasteiger partial charge in [-0.05, 0) is 49.7 Å². The second-order valence-corrected chi connectivity index (χ2v) is 5.18. The van der Waals surface area contributed by atoms with Gasteiger partial charge in [0.05, 0.1) is 6.54 Å². The monoisotopic (exact) mass is 293 g/mol. The fourth-order valence-electron chi connectivity index (χ4n) is 1.93. The zero-order valence-corrected chi connectivity index (χ0v) is 12.7. The van der Waals surface area contributed by atoms with Crippen LogP contribution in [0, 0.1) is 6.92 Å². The number of hydrogen-bond donors (Lipinski definition) is 1. The van der Waals surface area contributed by atoms with Crippen LogP contribution in [0.2, 0.25) is 5.02 Å². The standard InChI is InChI=1S/C16H20ClNO2/c1-3-7-18-10-16-12(2)8-15(20-16)11-19-14-6-4-5-13(17)9-14/h4-6,8-9,18H,3,7,10-11H2,1-2H3. The largest absolute Gasteiger partial charge is 0.486 e. The highest BCUT2D eigenvalue weighted by molar-refractivity contribution is 6.30. The average Bonchev–Trinajstić information content (AvgIpc) is 2.78. The second kappa shape index (κ2) is 7.36. The molecule has 0 saturated heterocycles. The Morgan fingerprint density at radius 2 is 2.15 bits per heavy atom. The molecule has 0 radical (unpaired) electrons. The van der Waals surface area contributed by atoms with Crippen LogP contribution in [0.25, 0.3) is 0 Å². The number of benzene rings is 1. The molecule has 108 valence electrons. The van der Waals surface area contributed by atoms with Crippen LogP contribution in [-0.4, -0.2) is 6.54 Å². The van der Waals surface area contributed by atoms with E-state index in [4.69, 9.17) is 20.8 Å². The zero-order valence-electron chi connectivity index (χ0n) is 11.9. The topological polar surface area (TPSA) is 34.4 Å². The van der Waals surface area contributed by atoms with Gasteiger partial charge in [0, 0.05) is 5.02 Å². The van der Waals surface area contributed by atoms with Crippen molar-refractivity contribution in [3.8, 4) is 5.75 Å². The van der Waals surface area contributed by atoms with Gasteiger partial charge in [-0.25, -0.2) is 0 Å². The molecule has 20 heavy (non-hydrogen) atoms. The summed E-state index contributed by atoms with van der Waals surface area (Å²) in [6.45, 7) is 6.36. The van der Waals surface area contributed by atoms with E-state index in [-0.39, 0.29) is 0 Å². The Labute approximate surface area is 124 Å². The Bertz CT molecular complexity index is 551. The summed E-state index contributed by atoms with van der Waals surface area (Å²) < 4.78 is 11.5. The van der Waals surface area contributed by atoms with Gasteiger partial charge in [-0.1, -0.05) is 24.6 Å². The maximum atomic E-state index is 5.92. The van der Waals surface area contributed by atoms with Gasteiger partial charge in [0.1, 0.15) is 23.9 Å². The van der Waals surface area contributed by atoms with E-state index >= 15 is 0 Å². The van der Waals surface area contributed by atoms with Crippen LogP contribution in [-0.2, 0) is 13.2 Å². The number of aryl methyl sites for hydroxylation is 1. The van der Waals surface area contributed by atoms with Crippen molar-refractivity contribution in [1.29, 1.82) is 0 Å². The Hall–Kier alpha value is -1.45. The normalized spacial score (nSPS) is 10.8. The highest BCUT2D eigenvalue weighted by Crippen LogP contribution is 2.20. The third kappa shape index (κ3) is 4.29. The van der Waals surface area contributed by atoms with Crippen molar-refractivity contribution >= 4 is 11.6 Å². The van der Waals surface area contributed by atoms with Crippen LogP contribution in [0.4, 0.5) is 0 Å². The van der Waals surface area contributed by atoms with Crippen molar-refractivity contribution in [2.24, 2.45) is 0 Å². The minimum Gasteiger partial charge on any atom is -0.486 e. The lowest BCUT2D eigenvalue weighted by Crippen LogP contribution is -2.13. The van der Waals surface area contributed by atoms with Crippen LogP contribution in [0.15, 0.2) is 34.7 Å². The summed E-state index contributed by atoms with van der Waals surface area (Å²) in [5.74, 6) is 2.55. The van der Waals surface area contributed by atoms with Crippen molar-refractivity contribution < 1.29 is 9.15 Å². The summed E-state index contributed by atoms with van der Waals surface area (Å²) in [4.78, 5) is 0. The Morgan fingerprint density at radius 1 is 1.30 bits per heavy atom. The van der Waals surface area contributed by atoms with Gasteiger partial charge >= 0.3 is 0 Å². The second-order valence-electron chi connectivity index (χ2n) is 4.74. The van der Waals surface area contributed by atoms with Crippen molar-refractivity contribution in [1.82, 2.24) is 5.32 Å². The van der Waals surface area contributed by atoms with Crippen LogP contribution in [0.5, 0.6) is 5.75 Å². The number of nitrogens with one attached hydrogen (secondary N) is 1. The number of hydrogen-bond acceptors (Lipinski definition) is 3. The predicted octanol–water partition coefficient (Wildman–Crippen LogP) is 4.32. The zero-order chi connectivity index (χ0) is 14.4. The molecule has 1 N–H and O–H groups in total. The van der Waals surface area contributed by atoms with E-state index in [2.05, 4.69) is 19.2 Å². The first-order valence-electron chi connectivity index (χ1n) is 6.86. The molecule has 1 aromatic carbocycles. The summed E-state index contributed by atoms with van der Waals surface area (Å²) in [7, 11) is 0. The van der Waals surface area contributed by atoms with E-state index in [0.29, 0.717) is 11.6 Å². The molecule has 0 fully saturated rings. The van der Waals surface area contributed by atoms with Crippen molar-refractivity contribution in [2.45, 2.75) is 33.4 Å². The number of ether oxygens (including phenoxy) is 1. The lowest BCUT2D eigenvalue weighted by atomic mass is 10.2. The third-order valence-corrected chi connectivity index (χ3v) is 3.20. The van der Waals surface area contributed by atoms with E-state index in [1.54, 1.807) is 6.07 Å². The Kier molecular flexibility index (Phi) is 5.50. The lowest BCUT2D eigenvalue weighted by molar-refractivity contribution is 0.265. The smallest absolute Gasteiger partial charge is 0.146 e. The first-order valence-corrected chi connectivity index (χ1v) is 7.24. The molecule has 1 aromatic heterocycles. The van der Waals surface area contributed by atoms with E-state index in [1.807, 2.05) is 24.3 Å². The third-order valence-electron chi connectivity index (χ3n) is 2.96. The highest BCUT2D eigenvalue weighted by Gasteiger charge is 2.08. The summed E-state index contributed by atoms with van der Waals surface area (Å²) in [6, 6.07) is 9.38. The van der Waals surface area contributed by atoms with E-state index < -0.39 is 0 Å². The maximum absolute atomic E-state index is 5.92. The molecule has 3 nitrogen and oxygen atoms in total. The molecule has 0 aliphatic heterocycles.